The van der Waals surface area contributed by atoms with Crippen LogP contribution in [0.5, 0.6) is 5.75 Å². The zero-order valence-electron chi connectivity index (χ0n) is 10.1. The summed E-state index contributed by atoms with van der Waals surface area (Å²) in [6.07, 6.45) is 1.43. The summed E-state index contributed by atoms with van der Waals surface area (Å²) < 4.78 is 10.3. The number of methoxy groups -OCH3 is 1. The SMILES string of the molecule is COCC(O)COc1ccc2c(c1)CC[C@H]2N. The molecule has 0 fully saturated rings. The van der Waals surface area contributed by atoms with Gasteiger partial charge in [-0.2, -0.15) is 0 Å². The summed E-state index contributed by atoms with van der Waals surface area (Å²) in [6.45, 7) is 0.536. The molecule has 1 unspecified atom stereocenters. The molecule has 1 aromatic carbocycles. The third kappa shape index (κ3) is 2.97. The minimum atomic E-state index is -0.587. The van der Waals surface area contributed by atoms with Gasteiger partial charge in [0.25, 0.3) is 0 Å². The maximum Gasteiger partial charge on any atom is 0.119 e. The Bertz CT molecular complexity index is 381. The lowest BCUT2D eigenvalue weighted by Crippen LogP contribution is -2.22. The summed E-state index contributed by atoms with van der Waals surface area (Å²) in [7, 11) is 1.56. The monoisotopic (exact) mass is 237 g/mol. The topological polar surface area (TPSA) is 64.7 Å². The van der Waals surface area contributed by atoms with Gasteiger partial charge in [-0.05, 0) is 36.1 Å². The van der Waals surface area contributed by atoms with Crippen molar-refractivity contribution in [2.75, 3.05) is 20.3 Å². The van der Waals surface area contributed by atoms with Gasteiger partial charge < -0.3 is 20.3 Å². The van der Waals surface area contributed by atoms with Crippen molar-refractivity contribution in [2.45, 2.75) is 25.0 Å². The van der Waals surface area contributed by atoms with Gasteiger partial charge in [-0.3, -0.25) is 0 Å². The van der Waals surface area contributed by atoms with Crippen molar-refractivity contribution in [1.29, 1.82) is 0 Å². The highest BCUT2D eigenvalue weighted by Gasteiger charge is 2.19. The Balaban J connectivity index is 1.94. The summed E-state index contributed by atoms with van der Waals surface area (Å²) in [5, 5.41) is 9.48. The fourth-order valence-electron chi connectivity index (χ4n) is 2.15. The molecule has 0 aromatic heterocycles. The molecule has 3 N–H and O–H groups in total. The number of hydrogen-bond acceptors (Lipinski definition) is 4. The average Bonchev–Trinajstić information content (AvgIpc) is 2.69. The summed E-state index contributed by atoms with van der Waals surface area (Å²) in [5.41, 5.74) is 8.44. The molecular formula is C13H19NO3. The molecule has 4 nitrogen and oxygen atoms in total. The van der Waals surface area contributed by atoms with Gasteiger partial charge in [0.1, 0.15) is 18.5 Å². The largest absolute Gasteiger partial charge is 0.491 e. The number of fused-ring (bicyclic) bond motifs is 1. The summed E-state index contributed by atoms with van der Waals surface area (Å²) >= 11 is 0. The van der Waals surface area contributed by atoms with Crippen LogP contribution in [0, 0.1) is 0 Å². The van der Waals surface area contributed by atoms with Crippen LogP contribution in [0.15, 0.2) is 18.2 Å². The molecule has 94 valence electrons. The molecule has 17 heavy (non-hydrogen) atoms. The lowest BCUT2D eigenvalue weighted by atomic mass is 10.1. The van der Waals surface area contributed by atoms with E-state index in [0.717, 1.165) is 18.6 Å². The molecule has 0 bridgehead atoms. The third-order valence-electron chi connectivity index (χ3n) is 3.04. The van der Waals surface area contributed by atoms with Crippen molar-refractivity contribution < 1.29 is 14.6 Å². The molecule has 4 heteroatoms. The maximum absolute atomic E-state index is 9.48. The first kappa shape index (κ1) is 12.4. The molecule has 0 amide bonds. The van der Waals surface area contributed by atoms with E-state index in [1.54, 1.807) is 7.11 Å². The number of rotatable bonds is 5. The van der Waals surface area contributed by atoms with Crippen LogP contribution in [-0.4, -0.2) is 31.5 Å². The lowest BCUT2D eigenvalue weighted by Gasteiger charge is -2.12. The zero-order chi connectivity index (χ0) is 12.3. The first-order valence-electron chi connectivity index (χ1n) is 5.89. The van der Waals surface area contributed by atoms with Crippen molar-refractivity contribution in [3.63, 3.8) is 0 Å². The van der Waals surface area contributed by atoms with Gasteiger partial charge in [0.05, 0.1) is 6.61 Å². The van der Waals surface area contributed by atoms with E-state index in [4.69, 9.17) is 15.2 Å². The Labute approximate surface area is 101 Å². The molecule has 0 aliphatic heterocycles. The van der Waals surface area contributed by atoms with Crippen molar-refractivity contribution in [3.05, 3.63) is 29.3 Å². The molecule has 2 atom stereocenters. The fraction of sp³-hybridized carbons (Fsp3) is 0.538. The number of benzene rings is 1. The van der Waals surface area contributed by atoms with Crippen molar-refractivity contribution in [2.24, 2.45) is 5.73 Å². The molecule has 0 radical (unpaired) electrons. The average molecular weight is 237 g/mol. The minimum Gasteiger partial charge on any atom is -0.491 e. The van der Waals surface area contributed by atoms with Crippen LogP contribution in [0.4, 0.5) is 0 Å². The van der Waals surface area contributed by atoms with Crippen LogP contribution in [0.1, 0.15) is 23.6 Å². The minimum absolute atomic E-state index is 0.165. The molecule has 0 heterocycles. The second-order valence-corrected chi connectivity index (χ2v) is 4.43. The van der Waals surface area contributed by atoms with Crippen LogP contribution < -0.4 is 10.5 Å². The van der Waals surface area contributed by atoms with E-state index in [-0.39, 0.29) is 19.3 Å². The molecular weight excluding hydrogens is 218 g/mol. The molecule has 2 rings (SSSR count). The molecule has 1 aromatic rings. The number of aliphatic hydroxyl groups is 1. The van der Waals surface area contributed by atoms with E-state index in [0.29, 0.717) is 0 Å². The van der Waals surface area contributed by atoms with Gasteiger partial charge in [-0.15, -0.1) is 0 Å². The number of ether oxygens (including phenoxy) is 2. The van der Waals surface area contributed by atoms with E-state index in [9.17, 15) is 5.11 Å². The summed E-state index contributed by atoms with van der Waals surface area (Å²) in [4.78, 5) is 0. The second-order valence-electron chi connectivity index (χ2n) is 4.43. The number of hydrogen-bond donors (Lipinski definition) is 2. The van der Waals surface area contributed by atoms with Gasteiger partial charge in [-0.25, -0.2) is 0 Å². The van der Waals surface area contributed by atoms with Crippen LogP contribution in [0.2, 0.25) is 0 Å². The Morgan fingerprint density at radius 1 is 1.47 bits per heavy atom. The fourth-order valence-corrected chi connectivity index (χ4v) is 2.15. The molecule has 0 saturated carbocycles. The first-order valence-corrected chi connectivity index (χ1v) is 5.89. The molecule has 1 aliphatic rings. The highest BCUT2D eigenvalue weighted by molar-refractivity contribution is 5.40. The van der Waals surface area contributed by atoms with Crippen LogP contribution in [-0.2, 0) is 11.2 Å². The van der Waals surface area contributed by atoms with Gasteiger partial charge in [0.2, 0.25) is 0 Å². The Morgan fingerprint density at radius 3 is 3.06 bits per heavy atom. The van der Waals surface area contributed by atoms with E-state index in [2.05, 4.69) is 0 Å². The second kappa shape index (κ2) is 5.49. The van der Waals surface area contributed by atoms with E-state index in [1.807, 2.05) is 18.2 Å². The van der Waals surface area contributed by atoms with E-state index < -0.39 is 6.10 Å². The zero-order valence-corrected chi connectivity index (χ0v) is 10.1. The van der Waals surface area contributed by atoms with Crippen LogP contribution in [0.3, 0.4) is 0 Å². The van der Waals surface area contributed by atoms with Crippen molar-refractivity contribution >= 4 is 0 Å². The quantitative estimate of drug-likeness (QED) is 0.802. The highest BCUT2D eigenvalue weighted by Crippen LogP contribution is 2.31. The van der Waals surface area contributed by atoms with Crippen LogP contribution >= 0.6 is 0 Å². The summed E-state index contributed by atoms with van der Waals surface area (Å²) in [5.74, 6) is 0.785. The smallest absolute Gasteiger partial charge is 0.119 e. The van der Waals surface area contributed by atoms with Crippen molar-refractivity contribution in [3.8, 4) is 5.75 Å². The third-order valence-corrected chi connectivity index (χ3v) is 3.04. The van der Waals surface area contributed by atoms with E-state index >= 15 is 0 Å². The van der Waals surface area contributed by atoms with Gasteiger partial charge in [0, 0.05) is 13.2 Å². The van der Waals surface area contributed by atoms with Crippen molar-refractivity contribution in [1.82, 2.24) is 0 Å². The lowest BCUT2D eigenvalue weighted by molar-refractivity contribution is 0.0325. The number of aliphatic hydroxyl groups excluding tert-OH is 1. The summed E-state index contributed by atoms with van der Waals surface area (Å²) in [6, 6.07) is 6.11. The number of aryl methyl sites for hydroxylation is 1. The van der Waals surface area contributed by atoms with Crippen LogP contribution in [0.25, 0.3) is 0 Å². The first-order chi connectivity index (χ1) is 8.20. The Morgan fingerprint density at radius 2 is 2.29 bits per heavy atom. The van der Waals surface area contributed by atoms with E-state index in [1.165, 1.54) is 11.1 Å². The Kier molecular flexibility index (Phi) is 3.99. The number of nitrogens with two attached hydrogens (primary N) is 1. The Hall–Kier alpha value is -1.10. The van der Waals surface area contributed by atoms with Gasteiger partial charge in [0.15, 0.2) is 0 Å². The molecule has 0 saturated heterocycles. The molecule has 1 aliphatic carbocycles. The highest BCUT2D eigenvalue weighted by atomic mass is 16.5. The predicted octanol–water partition coefficient (Wildman–Crippen LogP) is 1.02. The van der Waals surface area contributed by atoms with Gasteiger partial charge in [-0.1, -0.05) is 6.07 Å². The van der Waals surface area contributed by atoms with Gasteiger partial charge >= 0.3 is 0 Å². The standard InChI is InChI=1S/C13H19NO3/c1-16-7-10(15)8-17-11-3-4-12-9(6-11)2-5-13(12)14/h3-4,6,10,13,15H,2,5,7-8,14H2,1H3/t10?,13-/m1/s1. The normalized spacial score (nSPS) is 20.1. The predicted molar refractivity (Wildman–Crippen MR) is 65.1 cm³/mol. The maximum atomic E-state index is 9.48. The molecule has 0 spiro atoms.